The Balaban J connectivity index is 1.92. The number of aryl methyl sites for hydroxylation is 2. The van der Waals surface area contributed by atoms with Gasteiger partial charge in [0, 0.05) is 6.42 Å². The van der Waals surface area contributed by atoms with E-state index in [-0.39, 0.29) is 5.91 Å². The van der Waals surface area contributed by atoms with Crippen molar-refractivity contribution < 1.29 is 4.79 Å². The van der Waals surface area contributed by atoms with E-state index in [0.29, 0.717) is 17.8 Å². The number of nitrogens with one attached hydrogen (secondary N) is 1. The van der Waals surface area contributed by atoms with Gasteiger partial charge in [-0.05, 0) is 36.6 Å². The van der Waals surface area contributed by atoms with E-state index in [2.05, 4.69) is 24.4 Å². The van der Waals surface area contributed by atoms with Crippen molar-refractivity contribution in [3.05, 3.63) is 59.7 Å². The normalized spacial score (nSPS) is 10.2. The Hall–Kier alpha value is -2.29. The van der Waals surface area contributed by atoms with Gasteiger partial charge >= 0.3 is 0 Å². The Bertz CT molecular complexity index is 578. The van der Waals surface area contributed by atoms with Crippen molar-refractivity contribution in [1.29, 1.82) is 0 Å². The molecule has 0 bridgehead atoms. The molecular formula is C16H18N2O. The van der Waals surface area contributed by atoms with Crippen LogP contribution in [0.15, 0.2) is 48.5 Å². The monoisotopic (exact) mass is 254 g/mol. The fourth-order valence-electron chi connectivity index (χ4n) is 1.96. The molecule has 3 N–H and O–H groups in total. The van der Waals surface area contributed by atoms with Crippen LogP contribution in [0.4, 0.5) is 11.4 Å². The van der Waals surface area contributed by atoms with Crippen LogP contribution in [0, 0.1) is 6.92 Å². The van der Waals surface area contributed by atoms with Crippen LogP contribution in [0.3, 0.4) is 0 Å². The van der Waals surface area contributed by atoms with Crippen molar-refractivity contribution >= 4 is 17.3 Å². The number of benzene rings is 2. The van der Waals surface area contributed by atoms with Crippen molar-refractivity contribution in [2.75, 3.05) is 11.1 Å². The summed E-state index contributed by atoms with van der Waals surface area (Å²) in [5.41, 5.74) is 9.48. The Morgan fingerprint density at radius 1 is 1.11 bits per heavy atom. The third kappa shape index (κ3) is 3.58. The van der Waals surface area contributed by atoms with Crippen molar-refractivity contribution in [2.24, 2.45) is 0 Å². The third-order valence-corrected chi connectivity index (χ3v) is 3.12. The molecule has 2 aromatic carbocycles. The Kier molecular flexibility index (Phi) is 4.18. The van der Waals surface area contributed by atoms with Gasteiger partial charge in [0.1, 0.15) is 0 Å². The van der Waals surface area contributed by atoms with E-state index < -0.39 is 0 Å². The van der Waals surface area contributed by atoms with Crippen LogP contribution in [0.25, 0.3) is 0 Å². The van der Waals surface area contributed by atoms with Gasteiger partial charge < -0.3 is 11.1 Å². The molecule has 98 valence electrons. The predicted molar refractivity (Wildman–Crippen MR) is 79.0 cm³/mol. The summed E-state index contributed by atoms with van der Waals surface area (Å²) >= 11 is 0. The number of para-hydroxylation sites is 2. The van der Waals surface area contributed by atoms with Gasteiger partial charge in [0.05, 0.1) is 11.4 Å². The number of carbonyl (C=O) groups excluding carboxylic acids is 1. The summed E-state index contributed by atoms with van der Waals surface area (Å²) < 4.78 is 0. The molecule has 2 rings (SSSR count). The average Bonchev–Trinajstić information content (AvgIpc) is 2.40. The van der Waals surface area contributed by atoms with Crippen LogP contribution in [0.2, 0.25) is 0 Å². The first kappa shape index (κ1) is 13.1. The lowest BCUT2D eigenvalue weighted by Crippen LogP contribution is -2.13. The molecule has 0 heterocycles. The fraction of sp³-hybridized carbons (Fsp3) is 0.188. The van der Waals surface area contributed by atoms with Crippen LogP contribution < -0.4 is 11.1 Å². The zero-order valence-electron chi connectivity index (χ0n) is 11.0. The molecule has 0 fully saturated rings. The van der Waals surface area contributed by atoms with Gasteiger partial charge in [-0.15, -0.1) is 0 Å². The molecule has 0 unspecified atom stereocenters. The van der Waals surface area contributed by atoms with Crippen LogP contribution in [0.5, 0.6) is 0 Å². The highest BCUT2D eigenvalue weighted by Gasteiger charge is 2.06. The standard InChI is InChI=1S/C16H18N2O/c1-12-6-2-3-7-13(12)10-11-16(19)18-15-9-5-4-8-14(15)17/h2-9H,10-11,17H2,1H3,(H,18,19). The summed E-state index contributed by atoms with van der Waals surface area (Å²) in [4.78, 5) is 11.9. The summed E-state index contributed by atoms with van der Waals surface area (Å²) in [7, 11) is 0. The van der Waals surface area contributed by atoms with E-state index in [1.165, 1.54) is 11.1 Å². The van der Waals surface area contributed by atoms with Gasteiger partial charge in [-0.2, -0.15) is 0 Å². The highest BCUT2D eigenvalue weighted by Crippen LogP contribution is 2.17. The lowest BCUT2D eigenvalue weighted by molar-refractivity contribution is -0.116. The van der Waals surface area contributed by atoms with Gasteiger partial charge in [-0.3, -0.25) is 4.79 Å². The minimum absolute atomic E-state index is 0.0128. The smallest absolute Gasteiger partial charge is 0.224 e. The quantitative estimate of drug-likeness (QED) is 0.823. The largest absolute Gasteiger partial charge is 0.397 e. The van der Waals surface area contributed by atoms with E-state index in [0.717, 1.165) is 6.42 Å². The molecular weight excluding hydrogens is 236 g/mol. The molecule has 0 spiro atoms. The highest BCUT2D eigenvalue weighted by atomic mass is 16.1. The third-order valence-electron chi connectivity index (χ3n) is 3.12. The van der Waals surface area contributed by atoms with Crippen LogP contribution >= 0.6 is 0 Å². The first-order valence-corrected chi connectivity index (χ1v) is 6.35. The Morgan fingerprint density at radius 2 is 1.79 bits per heavy atom. The van der Waals surface area contributed by atoms with Crippen molar-refractivity contribution in [1.82, 2.24) is 0 Å². The molecule has 0 aliphatic rings. The molecule has 0 saturated heterocycles. The Morgan fingerprint density at radius 3 is 2.53 bits per heavy atom. The molecule has 0 atom stereocenters. The fourth-order valence-corrected chi connectivity index (χ4v) is 1.96. The second-order valence-electron chi connectivity index (χ2n) is 4.56. The topological polar surface area (TPSA) is 55.1 Å². The molecule has 0 aliphatic heterocycles. The minimum Gasteiger partial charge on any atom is -0.397 e. The van der Waals surface area contributed by atoms with Crippen LogP contribution in [0.1, 0.15) is 17.5 Å². The van der Waals surface area contributed by atoms with Crippen LogP contribution in [-0.4, -0.2) is 5.91 Å². The molecule has 2 aromatic rings. The highest BCUT2D eigenvalue weighted by molar-refractivity contribution is 5.93. The number of carbonyl (C=O) groups is 1. The maximum absolute atomic E-state index is 11.9. The average molecular weight is 254 g/mol. The number of rotatable bonds is 4. The predicted octanol–water partition coefficient (Wildman–Crippen LogP) is 3.15. The molecule has 0 saturated carbocycles. The van der Waals surface area contributed by atoms with E-state index in [1.807, 2.05) is 24.3 Å². The number of anilines is 2. The van der Waals surface area contributed by atoms with Crippen molar-refractivity contribution in [3.8, 4) is 0 Å². The number of hydrogen-bond donors (Lipinski definition) is 2. The summed E-state index contributed by atoms with van der Waals surface area (Å²) in [5, 5.41) is 2.84. The molecule has 0 radical (unpaired) electrons. The SMILES string of the molecule is Cc1ccccc1CCC(=O)Nc1ccccc1N. The van der Waals surface area contributed by atoms with Gasteiger partial charge in [-0.25, -0.2) is 0 Å². The molecule has 0 aromatic heterocycles. The molecule has 19 heavy (non-hydrogen) atoms. The summed E-state index contributed by atoms with van der Waals surface area (Å²) in [6.07, 6.45) is 1.20. The molecule has 3 heteroatoms. The zero-order valence-corrected chi connectivity index (χ0v) is 11.0. The molecule has 1 amide bonds. The summed E-state index contributed by atoms with van der Waals surface area (Å²) in [6, 6.07) is 15.4. The van der Waals surface area contributed by atoms with Crippen LogP contribution in [-0.2, 0) is 11.2 Å². The summed E-state index contributed by atoms with van der Waals surface area (Å²) in [5.74, 6) is -0.0128. The lowest BCUT2D eigenvalue weighted by Gasteiger charge is -2.08. The number of nitrogen functional groups attached to an aromatic ring is 1. The lowest BCUT2D eigenvalue weighted by atomic mass is 10.0. The first-order chi connectivity index (χ1) is 9.16. The van der Waals surface area contributed by atoms with Crippen molar-refractivity contribution in [3.63, 3.8) is 0 Å². The second kappa shape index (κ2) is 6.05. The second-order valence-corrected chi connectivity index (χ2v) is 4.56. The first-order valence-electron chi connectivity index (χ1n) is 6.35. The zero-order chi connectivity index (χ0) is 13.7. The van der Waals surface area contributed by atoms with Gasteiger partial charge in [0.15, 0.2) is 0 Å². The van der Waals surface area contributed by atoms with Gasteiger partial charge in [-0.1, -0.05) is 36.4 Å². The van der Waals surface area contributed by atoms with E-state index in [9.17, 15) is 4.79 Å². The maximum atomic E-state index is 11.9. The Labute approximate surface area is 113 Å². The maximum Gasteiger partial charge on any atom is 0.224 e. The number of amides is 1. The van der Waals surface area contributed by atoms with Gasteiger partial charge in [0.2, 0.25) is 5.91 Å². The minimum atomic E-state index is -0.0128. The number of hydrogen-bond acceptors (Lipinski definition) is 2. The van der Waals surface area contributed by atoms with E-state index >= 15 is 0 Å². The van der Waals surface area contributed by atoms with E-state index in [1.54, 1.807) is 12.1 Å². The molecule has 0 aliphatic carbocycles. The van der Waals surface area contributed by atoms with E-state index in [4.69, 9.17) is 5.73 Å². The summed E-state index contributed by atoms with van der Waals surface area (Å²) in [6.45, 7) is 2.06. The van der Waals surface area contributed by atoms with Gasteiger partial charge in [0.25, 0.3) is 0 Å². The molecule has 3 nitrogen and oxygen atoms in total. The number of nitrogens with two attached hydrogens (primary N) is 1. The van der Waals surface area contributed by atoms with Crippen molar-refractivity contribution in [2.45, 2.75) is 19.8 Å².